The molecule has 2 aromatic rings. The highest BCUT2D eigenvalue weighted by molar-refractivity contribution is 6.76. The largest absolute Gasteiger partial charge is 0.444 e. The minimum atomic E-state index is -1.47. The number of alkyl halides is 1. The number of benzene rings is 1. The fourth-order valence-corrected chi connectivity index (χ4v) is 5.79. The number of anilines is 1. The second-order valence-electron chi connectivity index (χ2n) is 13.1. The van der Waals surface area contributed by atoms with Crippen LogP contribution >= 0.6 is 0 Å². The van der Waals surface area contributed by atoms with Crippen LogP contribution in [0.25, 0.3) is 10.9 Å². The van der Waals surface area contributed by atoms with Crippen LogP contribution in [0.1, 0.15) is 40.0 Å². The van der Waals surface area contributed by atoms with Crippen molar-refractivity contribution in [2.75, 3.05) is 37.9 Å². The molecule has 1 aromatic carbocycles. The number of imide groups is 1. The Morgan fingerprint density at radius 1 is 1.07 bits per heavy atom. The molecule has 0 aliphatic carbocycles. The van der Waals surface area contributed by atoms with Crippen LogP contribution in [-0.4, -0.2) is 84.7 Å². The molecule has 220 valence electrons. The molecule has 3 heterocycles. The lowest BCUT2D eigenvalue weighted by Crippen LogP contribution is -2.53. The van der Waals surface area contributed by atoms with Crippen molar-refractivity contribution in [3.63, 3.8) is 0 Å². The number of nitrogens with zero attached hydrogens (tertiary/aromatic N) is 4. The number of fused-ring (bicyclic) bond motifs is 1. The van der Waals surface area contributed by atoms with Crippen molar-refractivity contribution in [3.8, 4) is 0 Å². The summed E-state index contributed by atoms with van der Waals surface area (Å²) in [5, 5.41) is 0.819. The van der Waals surface area contributed by atoms with E-state index in [9.17, 15) is 14.4 Å². The van der Waals surface area contributed by atoms with E-state index >= 15 is 4.39 Å². The van der Waals surface area contributed by atoms with Crippen molar-refractivity contribution in [1.29, 1.82) is 0 Å². The molecule has 9 nitrogen and oxygen atoms in total. The van der Waals surface area contributed by atoms with Crippen molar-refractivity contribution in [2.45, 2.75) is 83.5 Å². The van der Waals surface area contributed by atoms with Crippen molar-refractivity contribution in [2.24, 2.45) is 0 Å². The standard InChI is InChI=1S/C29H43FN4O5Si/c1-28(2,3)39-27(37)31-16-12-29(30,13-17-31)20-32-14-10-22-23(32)8-7-9-24(22)33-15-11-25(35)34(26(33)36)21-38-18-19-40(4,5)6/h7-10,14H,11-13,15-21H2,1-6H3. The van der Waals surface area contributed by atoms with Crippen LogP contribution < -0.4 is 4.90 Å². The first-order valence-corrected chi connectivity index (χ1v) is 17.8. The number of rotatable bonds is 8. The molecule has 0 radical (unpaired) electrons. The molecule has 0 saturated carbocycles. The lowest BCUT2D eigenvalue weighted by Gasteiger charge is -2.37. The van der Waals surface area contributed by atoms with Gasteiger partial charge in [-0.2, -0.15) is 0 Å². The molecule has 2 aliphatic heterocycles. The molecule has 2 aliphatic rings. The summed E-state index contributed by atoms with van der Waals surface area (Å²) in [5.74, 6) is -0.240. The second-order valence-corrected chi connectivity index (χ2v) is 18.7. The molecule has 0 bridgehead atoms. The summed E-state index contributed by atoms with van der Waals surface area (Å²) in [6, 6.07) is 8.06. The topological polar surface area (TPSA) is 84.3 Å². The predicted molar refractivity (Wildman–Crippen MR) is 156 cm³/mol. The van der Waals surface area contributed by atoms with Gasteiger partial charge in [-0.3, -0.25) is 9.69 Å². The Balaban J connectivity index is 1.44. The summed E-state index contributed by atoms with van der Waals surface area (Å²) >= 11 is 0. The minimum Gasteiger partial charge on any atom is -0.444 e. The van der Waals surface area contributed by atoms with E-state index in [0.29, 0.717) is 25.4 Å². The third-order valence-corrected chi connectivity index (χ3v) is 9.08. The SMILES string of the molecule is CC(C)(C)OC(=O)N1CCC(F)(Cn2ccc3c(N4CCC(=O)N(COCC[Si](C)(C)C)C4=O)cccc32)CC1. The number of likely N-dealkylation sites (tertiary alicyclic amines) is 1. The molecule has 0 atom stereocenters. The Kier molecular flexibility index (Phi) is 8.65. The number of hydrogen-bond acceptors (Lipinski definition) is 5. The molecule has 2 saturated heterocycles. The molecule has 40 heavy (non-hydrogen) atoms. The molecule has 1 aromatic heterocycles. The number of halogens is 1. The molecular formula is C29H43FN4O5Si. The van der Waals surface area contributed by atoms with Crippen molar-refractivity contribution in [1.82, 2.24) is 14.4 Å². The summed E-state index contributed by atoms with van der Waals surface area (Å²) in [6.45, 7) is 13.7. The van der Waals surface area contributed by atoms with E-state index in [0.717, 1.165) is 16.9 Å². The fraction of sp³-hybridized carbons (Fsp3) is 0.621. The van der Waals surface area contributed by atoms with E-state index in [1.54, 1.807) is 9.80 Å². The molecule has 4 rings (SSSR count). The summed E-state index contributed by atoms with van der Waals surface area (Å²) in [5.41, 5.74) is -0.568. The zero-order chi connectivity index (χ0) is 29.3. The van der Waals surface area contributed by atoms with Gasteiger partial charge >= 0.3 is 12.1 Å². The number of piperidine rings is 1. The highest BCUT2D eigenvalue weighted by Gasteiger charge is 2.38. The Morgan fingerprint density at radius 3 is 2.42 bits per heavy atom. The third-order valence-electron chi connectivity index (χ3n) is 7.38. The Hall–Kier alpha value is -2.92. The lowest BCUT2D eigenvalue weighted by atomic mass is 9.93. The van der Waals surface area contributed by atoms with E-state index in [1.165, 1.54) is 4.90 Å². The van der Waals surface area contributed by atoms with Gasteiger partial charge in [-0.1, -0.05) is 25.7 Å². The normalized spacial score (nSPS) is 18.5. The number of urea groups is 1. The second kappa shape index (κ2) is 11.5. The predicted octanol–water partition coefficient (Wildman–Crippen LogP) is 5.85. The van der Waals surface area contributed by atoms with Gasteiger partial charge in [0, 0.05) is 65.2 Å². The first kappa shape index (κ1) is 30.0. The van der Waals surface area contributed by atoms with Gasteiger partial charge in [0.2, 0.25) is 5.91 Å². The lowest BCUT2D eigenvalue weighted by molar-refractivity contribution is -0.133. The number of hydrogen-bond donors (Lipinski definition) is 0. The van der Waals surface area contributed by atoms with Gasteiger partial charge in [0.15, 0.2) is 0 Å². The summed E-state index contributed by atoms with van der Waals surface area (Å²) in [6.07, 6.45) is 2.07. The van der Waals surface area contributed by atoms with E-state index in [-0.39, 0.29) is 45.0 Å². The number of carbonyl (C=O) groups is 3. The molecule has 0 N–H and O–H groups in total. The smallest absolute Gasteiger partial charge is 0.410 e. The highest BCUT2D eigenvalue weighted by Crippen LogP contribution is 2.34. The van der Waals surface area contributed by atoms with Crippen LogP contribution in [0.2, 0.25) is 25.7 Å². The van der Waals surface area contributed by atoms with Gasteiger partial charge in [-0.25, -0.2) is 18.9 Å². The quantitative estimate of drug-likeness (QED) is 0.292. The van der Waals surface area contributed by atoms with Gasteiger partial charge in [0.1, 0.15) is 18.0 Å². The monoisotopic (exact) mass is 574 g/mol. The maximum Gasteiger partial charge on any atom is 0.410 e. The summed E-state index contributed by atoms with van der Waals surface area (Å²) in [4.78, 5) is 42.7. The summed E-state index contributed by atoms with van der Waals surface area (Å²) < 4.78 is 29.0. The van der Waals surface area contributed by atoms with Gasteiger partial charge in [0.05, 0.1) is 17.7 Å². The molecule has 11 heteroatoms. The van der Waals surface area contributed by atoms with Gasteiger partial charge in [0.25, 0.3) is 0 Å². The molecule has 4 amide bonds. The number of aromatic nitrogens is 1. The average Bonchev–Trinajstić information content (AvgIpc) is 3.25. The van der Waals surface area contributed by atoms with Crippen molar-refractivity contribution >= 4 is 42.7 Å². The minimum absolute atomic E-state index is 0.0552. The molecule has 2 fully saturated rings. The molecular weight excluding hydrogens is 531 g/mol. The van der Waals surface area contributed by atoms with Crippen molar-refractivity contribution in [3.05, 3.63) is 30.5 Å². The van der Waals surface area contributed by atoms with Crippen LogP contribution in [0.4, 0.5) is 19.7 Å². The third kappa shape index (κ3) is 7.23. The van der Waals surface area contributed by atoms with Gasteiger partial charge in [-0.05, 0) is 45.0 Å². The highest BCUT2D eigenvalue weighted by atomic mass is 28.3. The Labute approximate surface area is 237 Å². The van der Waals surface area contributed by atoms with Gasteiger partial charge < -0.3 is 18.9 Å². The van der Waals surface area contributed by atoms with Gasteiger partial charge in [-0.15, -0.1) is 0 Å². The summed E-state index contributed by atoms with van der Waals surface area (Å²) in [7, 11) is -1.29. The Morgan fingerprint density at radius 2 is 1.77 bits per heavy atom. The number of amides is 4. The zero-order valence-corrected chi connectivity index (χ0v) is 25.7. The van der Waals surface area contributed by atoms with Crippen LogP contribution in [0.15, 0.2) is 30.5 Å². The fourth-order valence-electron chi connectivity index (χ4n) is 5.04. The van der Waals surface area contributed by atoms with Crippen LogP contribution in [-0.2, 0) is 20.8 Å². The van der Waals surface area contributed by atoms with Crippen LogP contribution in [0, 0.1) is 0 Å². The number of carbonyl (C=O) groups excluding carboxylic acids is 3. The van der Waals surface area contributed by atoms with E-state index in [2.05, 4.69) is 19.6 Å². The number of ether oxygens (including phenoxy) is 2. The Bertz CT molecular complexity index is 1240. The average molecular weight is 575 g/mol. The van der Waals surface area contributed by atoms with Crippen molar-refractivity contribution < 1.29 is 28.2 Å². The van der Waals surface area contributed by atoms with E-state index < -0.39 is 31.5 Å². The van der Waals surface area contributed by atoms with Crippen LogP contribution in [0.5, 0.6) is 0 Å². The van der Waals surface area contributed by atoms with Crippen LogP contribution in [0.3, 0.4) is 0 Å². The maximum atomic E-state index is 16.0. The first-order valence-electron chi connectivity index (χ1n) is 14.1. The molecule has 0 spiro atoms. The first-order chi connectivity index (χ1) is 18.7. The van der Waals surface area contributed by atoms with E-state index in [4.69, 9.17) is 9.47 Å². The van der Waals surface area contributed by atoms with E-state index in [1.807, 2.05) is 55.8 Å². The zero-order valence-electron chi connectivity index (χ0n) is 24.7. The molecule has 0 unspecified atom stereocenters. The maximum absolute atomic E-state index is 16.0.